The third-order valence-electron chi connectivity index (χ3n) is 8.23. The Kier molecular flexibility index (Phi) is 6.40. The van der Waals surface area contributed by atoms with Gasteiger partial charge in [-0.3, -0.25) is 0 Å². The number of aromatic amines is 2. The number of H-pyrrole nitrogens is 2. The van der Waals surface area contributed by atoms with Gasteiger partial charge < -0.3 is 9.97 Å². The minimum absolute atomic E-state index is 0.681. The van der Waals surface area contributed by atoms with Gasteiger partial charge in [-0.15, -0.1) is 0 Å². The molecule has 0 amide bonds. The standard InChI is InChI=1S/C38H30N6/c1-7-11-16-24-21(5)31-29-30-33(41-36-23(10-4)28(18-13-9-3)38(39-31)44-36)26-19-14-15-20-27(26)34(30)42-37-25(17-12-8-2)22(6)35(43-37)40-32(24)29/h7-20H,1-4H2,5-6H3,(H,39,41,44)(H,40,42,43)/b16-11-,17-12-,18-13-. The smallest absolute Gasteiger partial charge is 0.140 e. The van der Waals surface area contributed by atoms with Crippen LogP contribution in [0.2, 0.25) is 0 Å². The molecule has 0 spiro atoms. The molecule has 4 aromatic heterocycles. The summed E-state index contributed by atoms with van der Waals surface area (Å²) in [4.78, 5) is 28.3. The van der Waals surface area contributed by atoms with E-state index in [4.69, 9.17) is 19.9 Å². The fourth-order valence-corrected chi connectivity index (χ4v) is 6.16. The van der Waals surface area contributed by atoms with Crippen molar-refractivity contribution in [3.8, 4) is 22.5 Å². The minimum atomic E-state index is 0.681. The molecule has 4 bridgehead atoms. The van der Waals surface area contributed by atoms with Gasteiger partial charge in [-0.25, -0.2) is 19.9 Å². The van der Waals surface area contributed by atoms with E-state index in [1.807, 2.05) is 48.6 Å². The first-order valence-electron chi connectivity index (χ1n) is 14.4. The number of aryl methyl sites for hydroxylation is 1. The van der Waals surface area contributed by atoms with Crippen molar-refractivity contribution in [2.75, 3.05) is 0 Å². The van der Waals surface area contributed by atoms with Crippen molar-refractivity contribution in [1.82, 2.24) is 29.9 Å². The number of fused-ring (bicyclic) bond motifs is 7. The Labute approximate surface area is 255 Å². The molecule has 1 aromatic carbocycles. The van der Waals surface area contributed by atoms with Gasteiger partial charge in [0.05, 0.1) is 22.8 Å². The summed E-state index contributed by atoms with van der Waals surface area (Å²) in [6, 6.07) is 8.27. The van der Waals surface area contributed by atoms with E-state index in [1.165, 1.54) is 0 Å². The summed E-state index contributed by atoms with van der Waals surface area (Å²) >= 11 is 0. The van der Waals surface area contributed by atoms with Crippen LogP contribution in [0, 0.1) is 6.92 Å². The maximum atomic E-state index is 5.34. The van der Waals surface area contributed by atoms with Gasteiger partial charge in [-0.1, -0.05) is 111 Å². The number of nitrogens with one attached hydrogen (secondary N) is 2. The fourth-order valence-electron chi connectivity index (χ4n) is 6.16. The highest BCUT2D eigenvalue weighted by Crippen LogP contribution is 2.49. The summed E-state index contributed by atoms with van der Waals surface area (Å²) < 4.78 is 0. The Morgan fingerprint density at radius 3 is 1.70 bits per heavy atom. The molecule has 0 radical (unpaired) electrons. The summed E-state index contributed by atoms with van der Waals surface area (Å²) in [6.07, 6.45) is 18.9. The lowest BCUT2D eigenvalue weighted by Gasteiger charge is -2.01. The molecule has 2 aliphatic carbocycles. The molecule has 0 saturated carbocycles. The molecule has 5 aromatic rings. The van der Waals surface area contributed by atoms with Crippen molar-refractivity contribution in [1.29, 1.82) is 0 Å². The lowest BCUT2D eigenvalue weighted by atomic mass is 10.1. The number of hydrogen-bond donors (Lipinski definition) is 2. The van der Waals surface area contributed by atoms with E-state index in [0.717, 1.165) is 89.4 Å². The summed E-state index contributed by atoms with van der Waals surface area (Å²) in [5.74, 6) is 0. The number of aromatic nitrogens is 6. The molecule has 0 saturated heterocycles. The SMILES string of the molecule is C=C/C=C\C1=C(C)c2nc3[nH]c(nc4c5c(nc6[nH]c(nc1c25)c(C)c6/C=C\C=C)-c1ccccc1-4)c(C=C)c3/C=C\C=C. The molecular formula is C38H30N6. The monoisotopic (exact) mass is 570 g/mol. The van der Waals surface area contributed by atoms with Crippen molar-refractivity contribution >= 4 is 62.7 Å². The van der Waals surface area contributed by atoms with Crippen molar-refractivity contribution < 1.29 is 0 Å². The second-order valence-electron chi connectivity index (χ2n) is 10.7. The lowest BCUT2D eigenvalue weighted by Crippen LogP contribution is -1.88. The first kappa shape index (κ1) is 27.0. The molecule has 0 unspecified atom stereocenters. The zero-order valence-corrected chi connectivity index (χ0v) is 24.7. The molecule has 7 rings (SSSR count). The second kappa shape index (κ2) is 10.4. The quantitative estimate of drug-likeness (QED) is 0.187. The van der Waals surface area contributed by atoms with Crippen molar-refractivity contribution in [2.24, 2.45) is 0 Å². The van der Waals surface area contributed by atoms with Crippen LogP contribution in [-0.2, 0) is 0 Å². The summed E-state index contributed by atoms with van der Waals surface area (Å²) in [6.45, 7) is 19.9. The third kappa shape index (κ3) is 3.88. The number of rotatable bonds is 7. The molecule has 2 aliphatic rings. The molecule has 2 N–H and O–H groups in total. The van der Waals surface area contributed by atoms with Gasteiger partial charge >= 0.3 is 0 Å². The highest BCUT2D eigenvalue weighted by Gasteiger charge is 2.31. The average molecular weight is 571 g/mol. The van der Waals surface area contributed by atoms with Crippen LogP contribution in [0.1, 0.15) is 40.6 Å². The number of allylic oxidation sites excluding steroid dienone is 9. The van der Waals surface area contributed by atoms with E-state index < -0.39 is 0 Å². The first-order chi connectivity index (χ1) is 21.5. The second-order valence-corrected chi connectivity index (χ2v) is 10.7. The van der Waals surface area contributed by atoms with E-state index in [0.29, 0.717) is 11.3 Å². The number of hydrogen-bond acceptors (Lipinski definition) is 4. The predicted molar refractivity (Wildman–Crippen MR) is 186 cm³/mol. The van der Waals surface area contributed by atoms with Crippen LogP contribution < -0.4 is 0 Å². The molecule has 6 nitrogen and oxygen atoms in total. The molecule has 4 heterocycles. The minimum Gasteiger partial charge on any atom is -0.324 e. The molecule has 6 heteroatoms. The Hall–Kier alpha value is -5.88. The van der Waals surface area contributed by atoms with Crippen molar-refractivity contribution in [3.05, 3.63) is 127 Å². The lowest BCUT2D eigenvalue weighted by molar-refractivity contribution is 1.29. The first-order valence-corrected chi connectivity index (χ1v) is 14.4. The molecule has 0 fully saturated rings. The normalized spacial score (nSPS) is 13.2. The van der Waals surface area contributed by atoms with Gasteiger partial charge in [0, 0.05) is 49.7 Å². The Bertz CT molecular complexity index is 2310. The van der Waals surface area contributed by atoms with Crippen LogP contribution in [0.4, 0.5) is 0 Å². The molecule has 44 heavy (non-hydrogen) atoms. The van der Waals surface area contributed by atoms with Crippen LogP contribution in [0.25, 0.3) is 85.3 Å². The van der Waals surface area contributed by atoms with Crippen molar-refractivity contribution in [2.45, 2.75) is 13.8 Å². The third-order valence-corrected chi connectivity index (χ3v) is 8.23. The van der Waals surface area contributed by atoms with Gasteiger partial charge in [0.25, 0.3) is 0 Å². The van der Waals surface area contributed by atoms with Gasteiger partial charge in [0.15, 0.2) is 0 Å². The van der Waals surface area contributed by atoms with Crippen LogP contribution in [-0.4, -0.2) is 29.9 Å². The van der Waals surface area contributed by atoms with E-state index >= 15 is 0 Å². The highest BCUT2D eigenvalue weighted by atomic mass is 15.0. The average Bonchev–Trinajstić information content (AvgIpc) is 3.71. The maximum Gasteiger partial charge on any atom is 0.140 e. The number of nitrogens with zero attached hydrogens (tertiary/aromatic N) is 4. The van der Waals surface area contributed by atoms with Gasteiger partial charge in [0.2, 0.25) is 0 Å². The predicted octanol–water partition coefficient (Wildman–Crippen LogP) is 9.49. The Balaban J connectivity index is 1.83. The zero-order chi connectivity index (χ0) is 30.5. The van der Waals surface area contributed by atoms with E-state index in [1.54, 1.807) is 18.2 Å². The topological polar surface area (TPSA) is 83.1 Å². The van der Waals surface area contributed by atoms with Crippen LogP contribution >= 0.6 is 0 Å². The molecule has 0 aliphatic heterocycles. The Morgan fingerprint density at radius 2 is 1.07 bits per heavy atom. The van der Waals surface area contributed by atoms with Crippen LogP contribution in [0.15, 0.2) is 93.1 Å². The maximum absolute atomic E-state index is 5.34. The Morgan fingerprint density at radius 1 is 0.568 bits per heavy atom. The highest BCUT2D eigenvalue weighted by molar-refractivity contribution is 6.21. The van der Waals surface area contributed by atoms with E-state index in [2.05, 4.69) is 68.3 Å². The fraction of sp³-hybridized carbons (Fsp3) is 0.0526. The summed E-state index contributed by atoms with van der Waals surface area (Å²) in [7, 11) is 0. The van der Waals surface area contributed by atoms with E-state index in [-0.39, 0.29) is 0 Å². The largest absolute Gasteiger partial charge is 0.324 e. The van der Waals surface area contributed by atoms with Crippen molar-refractivity contribution in [3.63, 3.8) is 0 Å². The molecular weight excluding hydrogens is 540 g/mol. The van der Waals surface area contributed by atoms with E-state index in [9.17, 15) is 0 Å². The van der Waals surface area contributed by atoms with Crippen LogP contribution in [0.5, 0.6) is 0 Å². The molecule has 0 atom stereocenters. The summed E-state index contributed by atoms with van der Waals surface area (Å²) in [5, 5.41) is 1.79. The number of benzene rings is 1. The summed E-state index contributed by atoms with van der Waals surface area (Å²) in [5.41, 5.74) is 13.7. The molecule has 212 valence electrons. The van der Waals surface area contributed by atoms with Gasteiger partial charge in [-0.2, -0.15) is 0 Å². The van der Waals surface area contributed by atoms with Gasteiger partial charge in [-0.05, 0) is 19.4 Å². The van der Waals surface area contributed by atoms with Gasteiger partial charge in [0.1, 0.15) is 22.6 Å². The van der Waals surface area contributed by atoms with Crippen LogP contribution in [0.3, 0.4) is 0 Å². The zero-order valence-electron chi connectivity index (χ0n) is 24.7.